The van der Waals surface area contributed by atoms with Gasteiger partial charge in [-0.2, -0.15) is 0 Å². The molecule has 10 heavy (non-hydrogen) atoms. The molecular formula is C9H16O. The third-order valence-electron chi connectivity index (χ3n) is 1.98. The molecule has 1 nitrogen and oxygen atoms in total. The van der Waals surface area contributed by atoms with Crippen LogP contribution >= 0.6 is 0 Å². The number of allylic oxidation sites excluding steroid dienone is 1. The molecule has 1 N–H and O–H groups in total. The van der Waals surface area contributed by atoms with Crippen LogP contribution in [0.5, 0.6) is 0 Å². The Balaban J connectivity index is 2.58. The molecule has 1 saturated carbocycles. The summed E-state index contributed by atoms with van der Waals surface area (Å²) in [6.45, 7) is 5.95. The van der Waals surface area contributed by atoms with Crippen molar-refractivity contribution in [2.45, 2.75) is 39.2 Å². The zero-order valence-electron chi connectivity index (χ0n) is 7.02. The lowest BCUT2D eigenvalue weighted by Gasteiger charge is -2.18. The molecule has 0 aromatic carbocycles. The molecule has 0 aromatic heterocycles. The van der Waals surface area contributed by atoms with E-state index in [9.17, 15) is 5.11 Å². The summed E-state index contributed by atoms with van der Waals surface area (Å²) in [4.78, 5) is 0. The van der Waals surface area contributed by atoms with Crippen LogP contribution in [0.25, 0.3) is 0 Å². The van der Waals surface area contributed by atoms with Gasteiger partial charge in [-0.3, -0.25) is 0 Å². The van der Waals surface area contributed by atoms with Crippen LogP contribution < -0.4 is 0 Å². The second-order valence-electron chi connectivity index (χ2n) is 3.72. The molecular weight excluding hydrogens is 124 g/mol. The highest BCUT2D eigenvalue weighted by molar-refractivity contribution is 5.10. The van der Waals surface area contributed by atoms with E-state index in [4.69, 9.17) is 0 Å². The molecule has 1 fully saturated rings. The zero-order valence-corrected chi connectivity index (χ0v) is 7.02. The van der Waals surface area contributed by atoms with Crippen molar-refractivity contribution >= 4 is 0 Å². The van der Waals surface area contributed by atoms with Gasteiger partial charge in [-0.25, -0.2) is 0 Å². The van der Waals surface area contributed by atoms with Crippen LogP contribution in [0.2, 0.25) is 0 Å². The van der Waals surface area contributed by atoms with Crippen molar-refractivity contribution in [1.82, 2.24) is 0 Å². The summed E-state index contributed by atoms with van der Waals surface area (Å²) in [5, 5.41) is 9.75. The van der Waals surface area contributed by atoms with Gasteiger partial charge >= 0.3 is 0 Å². The summed E-state index contributed by atoms with van der Waals surface area (Å²) in [6, 6.07) is 0. The first-order valence-electron chi connectivity index (χ1n) is 3.91. The summed E-state index contributed by atoms with van der Waals surface area (Å²) < 4.78 is 0. The van der Waals surface area contributed by atoms with E-state index in [0.29, 0.717) is 5.92 Å². The van der Waals surface area contributed by atoms with Crippen LogP contribution in [-0.2, 0) is 0 Å². The van der Waals surface area contributed by atoms with Crippen LogP contribution in [0.1, 0.15) is 33.6 Å². The quantitative estimate of drug-likeness (QED) is 0.582. The van der Waals surface area contributed by atoms with E-state index in [-0.39, 0.29) is 0 Å². The van der Waals surface area contributed by atoms with Crippen LogP contribution in [-0.4, -0.2) is 10.7 Å². The highest BCUT2D eigenvalue weighted by atomic mass is 16.3. The molecule has 0 spiro atoms. The largest absolute Gasteiger partial charge is 0.386 e. The van der Waals surface area contributed by atoms with Crippen molar-refractivity contribution in [2.75, 3.05) is 0 Å². The fourth-order valence-corrected chi connectivity index (χ4v) is 1.37. The Labute approximate surface area is 62.8 Å². The molecule has 1 atom stereocenters. The van der Waals surface area contributed by atoms with E-state index < -0.39 is 5.60 Å². The van der Waals surface area contributed by atoms with Crippen molar-refractivity contribution in [2.24, 2.45) is 5.92 Å². The molecule has 0 aromatic rings. The van der Waals surface area contributed by atoms with Gasteiger partial charge in [0.15, 0.2) is 0 Å². The number of aliphatic hydroxyl groups is 1. The minimum absolute atomic E-state index is 0.529. The fourth-order valence-electron chi connectivity index (χ4n) is 1.37. The predicted molar refractivity (Wildman–Crippen MR) is 42.8 cm³/mol. The van der Waals surface area contributed by atoms with E-state index in [1.165, 1.54) is 18.4 Å². The summed E-state index contributed by atoms with van der Waals surface area (Å²) in [7, 11) is 0. The monoisotopic (exact) mass is 140 g/mol. The van der Waals surface area contributed by atoms with Crippen molar-refractivity contribution < 1.29 is 5.11 Å². The van der Waals surface area contributed by atoms with Gasteiger partial charge in [0.25, 0.3) is 0 Å². The Hall–Kier alpha value is -0.300. The highest BCUT2D eigenvalue weighted by Crippen LogP contribution is 2.40. The average Bonchev–Trinajstić information content (AvgIpc) is 2.35. The zero-order chi connectivity index (χ0) is 7.78. The Morgan fingerprint density at radius 1 is 1.50 bits per heavy atom. The van der Waals surface area contributed by atoms with Crippen molar-refractivity contribution in [1.29, 1.82) is 0 Å². The maximum atomic E-state index is 9.75. The van der Waals surface area contributed by atoms with Gasteiger partial charge in [0.05, 0.1) is 5.60 Å². The van der Waals surface area contributed by atoms with Crippen LogP contribution in [0, 0.1) is 5.92 Å². The highest BCUT2D eigenvalue weighted by Gasteiger charge is 2.37. The number of hydrogen-bond acceptors (Lipinski definition) is 1. The summed E-state index contributed by atoms with van der Waals surface area (Å²) in [6.07, 6.45) is 4.35. The molecule has 58 valence electrons. The standard InChI is InChI=1S/C9H16O/c1-7(2)6-9(3,10)8-4-5-8/h6,8,10H,4-5H2,1-3H3. The lowest BCUT2D eigenvalue weighted by molar-refractivity contribution is 0.0868. The third kappa shape index (κ3) is 1.84. The van der Waals surface area contributed by atoms with Gasteiger partial charge in [-0.05, 0) is 39.5 Å². The van der Waals surface area contributed by atoms with E-state index in [1.807, 2.05) is 26.8 Å². The van der Waals surface area contributed by atoms with Gasteiger partial charge in [0.1, 0.15) is 0 Å². The summed E-state index contributed by atoms with van der Waals surface area (Å²) in [5.74, 6) is 0.530. The average molecular weight is 140 g/mol. The number of hydrogen-bond donors (Lipinski definition) is 1. The SMILES string of the molecule is CC(C)=CC(C)(O)C1CC1. The number of rotatable bonds is 2. The van der Waals surface area contributed by atoms with Crippen LogP contribution in [0.4, 0.5) is 0 Å². The van der Waals surface area contributed by atoms with Crippen molar-refractivity contribution in [3.05, 3.63) is 11.6 Å². The van der Waals surface area contributed by atoms with E-state index >= 15 is 0 Å². The third-order valence-corrected chi connectivity index (χ3v) is 1.98. The first kappa shape index (κ1) is 7.80. The molecule has 1 rings (SSSR count). The van der Waals surface area contributed by atoms with Gasteiger partial charge in [-0.15, -0.1) is 0 Å². The second-order valence-corrected chi connectivity index (χ2v) is 3.72. The molecule has 1 heteroatoms. The Kier molecular flexibility index (Phi) is 1.86. The second kappa shape index (κ2) is 2.39. The van der Waals surface area contributed by atoms with Gasteiger partial charge in [0.2, 0.25) is 0 Å². The lowest BCUT2D eigenvalue weighted by Crippen LogP contribution is -2.23. The molecule has 1 aliphatic carbocycles. The molecule has 0 radical (unpaired) electrons. The minimum Gasteiger partial charge on any atom is -0.386 e. The van der Waals surface area contributed by atoms with Crippen LogP contribution in [0.3, 0.4) is 0 Å². The van der Waals surface area contributed by atoms with Gasteiger partial charge in [-0.1, -0.05) is 11.6 Å². The summed E-state index contributed by atoms with van der Waals surface area (Å²) in [5.41, 5.74) is 0.677. The first-order chi connectivity index (χ1) is 4.52. The molecule has 1 aliphatic rings. The maximum Gasteiger partial charge on any atom is 0.0830 e. The molecule has 0 heterocycles. The first-order valence-corrected chi connectivity index (χ1v) is 3.91. The molecule has 1 unspecified atom stereocenters. The van der Waals surface area contributed by atoms with Gasteiger partial charge in [0, 0.05) is 0 Å². The van der Waals surface area contributed by atoms with Gasteiger partial charge < -0.3 is 5.11 Å². The minimum atomic E-state index is -0.529. The topological polar surface area (TPSA) is 20.2 Å². The fraction of sp³-hybridized carbons (Fsp3) is 0.778. The molecule has 0 amide bonds. The normalized spacial score (nSPS) is 23.6. The van der Waals surface area contributed by atoms with Crippen molar-refractivity contribution in [3.8, 4) is 0 Å². The smallest absolute Gasteiger partial charge is 0.0830 e. The van der Waals surface area contributed by atoms with E-state index in [2.05, 4.69) is 0 Å². The Morgan fingerprint density at radius 3 is 2.30 bits per heavy atom. The van der Waals surface area contributed by atoms with Crippen LogP contribution in [0.15, 0.2) is 11.6 Å². The van der Waals surface area contributed by atoms with E-state index in [1.54, 1.807) is 0 Å². The molecule has 0 saturated heterocycles. The molecule has 0 bridgehead atoms. The van der Waals surface area contributed by atoms with E-state index in [0.717, 1.165) is 0 Å². The predicted octanol–water partition coefficient (Wildman–Crippen LogP) is 2.11. The maximum absolute atomic E-state index is 9.75. The Bertz CT molecular complexity index is 148. The Morgan fingerprint density at radius 2 is 2.00 bits per heavy atom. The molecule has 0 aliphatic heterocycles. The van der Waals surface area contributed by atoms with Crippen molar-refractivity contribution in [3.63, 3.8) is 0 Å². The lowest BCUT2D eigenvalue weighted by atomic mass is 9.98. The summed E-state index contributed by atoms with van der Waals surface area (Å²) >= 11 is 0.